The van der Waals surface area contributed by atoms with E-state index in [0.29, 0.717) is 6.42 Å². The zero-order valence-electron chi connectivity index (χ0n) is 18.6. The molecule has 0 bridgehead atoms. The molecular weight excluding hydrogens is 390 g/mol. The van der Waals surface area contributed by atoms with Crippen LogP contribution in [0, 0.1) is 0 Å². The van der Waals surface area contributed by atoms with Gasteiger partial charge in [0.15, 0.2) is 0 Å². The molecule has 30 heavy (non-hydrogen) atoms. The van der Waals surface area contributed by atoms with Gasteiger partial charge in [0, 0.05) is 6.42 Å². The first-order valence-electron chi connectivity index (χ1n) is 11.4. The van der Waals surface area contributed by atoms with Crippen LogP contribution in [0.5, 0.6) is 0 Å². The molecule has 4 atom stereocenters. The average molecular weight is 436 g/mol. The summed E-state index contributed by atoms with van der Waals surface area (Å²) in [6.45, 7) is 1.56. The third-order valence-electron chi connectivity index (χ3n) is 4.98. The number of nitrogens with two attached hydrogens (primary N) is 1. The number of carbonyl (C=O) groups is 2. The van der Waals surface area contributed by atoms with E-state index in [0.717, 1.165) is 12.8 Å². The summed E-state index contributed by atoms with van der Waals surface area (Å²) in [6, 6.07) is -1.26. The first-order chi connectivity index (χ1) is 14.3. The molecule has 0 fully saturated rings. The van der Waals surface area contributed by atoms with Gasteiger partial charge < -0.3 is 36.1 Å². The number of aliphatic carboxylic acids is 1. The van der Waals surface area contributed by atoms with Crippen molar-refractivity contribution in [1.29, 1.82) is 0 Å². The molecule has 180 valence electrons. The fourth-order valence-electron chi connectivity index (χ4n) is 2.94. The maximum absolute atomic E-state index is 10.3. The molecule has 8 nitrogen and oxygen atoms in total. The van der Waals surface area contributed by atoms with Crippen LogP contribution in [0.25, 0.3) is 0 Å². The van der Waals surface area contributed by atoms with E-state index in [1.165, 1.54) is 70.6 Å². The smallest absolute Gasteiger partial charge is 0.303 e. The van der Waals surface area contributed by atoms with Crippen LogP contribution < -0.4 is 5.73 Å². The first-order valence-corrected chi connectivity index (χ1v) is 11.4. The lowest BCUT2D eigenvalue weighted by Gasteiger charge is -2.23. The number of hydrogen-bond donors (Lipinski definition) is 6. The predicted molar refractivity (Wildman–Crippen MR) is 117 cm³/mol. The maximum atomic E-state index is 10.3. The summed E-state index contributed by atoms with van der Waals surface area (Å²) >= 11 is 0. The lowest BCUT2D eigenvalue weighted by molar-refractivity contribution is -0.137. The van der Waals surface area contributed by atoms with E-state index in [1.54, 1.807) is 0 Å². The second-order valence-electron chi connectivity index (χ2n) is 7.83. The lowest BCUT2D eigenvalue weighted by Crippen LogP contribution is -2.49. The standard InChI is InChI=1S/C16H32O2.C6H13NO5/c1-2-3-4-5-6-7-8-9-10-11-12-13-14-15-16(17)18;7-3(1-8)5(11)6(12)4(10)2-9/h2-15H2,1H3,(H,17,18);1,3-6,9-12H,2,7H2/t;3-,4+,5+,6+/m.0/s1. The van der Waals surface area contributed by atoms with Gasteiger partial charge in [0.25, 0.3) is 0 Å². The van der Waals surface area contributed by atoms with Gasteiger partial charge in [0.1, 0.15) is 24.6 Å². The van der Waals surface area contributed by atoms with E-state index in [2.05, 4.69) is 6.92 Å². The van der Waals surface area contributed by atoms with Crippen LogP contribution >= 0.6 is 0 Å². The SMILES string of the molecule is CCCCCCCCCCCCCCCC(=O)O.N[C@@H](C=O)[C@@H](O)[C@H](O)[C@H](O)CO. The highest BCUT2D eigenvalue weighted by Crippen LogP contribution is 2.12. The van der Waals surface area contributed by atoms with Gasteiger partial charge >= 0.3 is 5.97 Å². The second kappa shape index (κ2) is 22.6. The summed E-state index contributed by atoms with van der Waals surface area (Å²) < 4.78 is 0. The lowest BCUT2D eigenvalue weighted by atomic mass is 10.0. The van der Waals surface area contributed by atoms with E-state index in [-0.39, 0.29) is 6.29 Å². The van der Waals surface area contributed by atoms with Crippen LogP contribution in [0.15, 0.2) is 0 Å². The van der Waals surface area contributed by atoms with Crippen LogP contribution in [-0.4, -0.2) is 68.7 Å². The fourth-order valence-corrected chi connectivity index (χ4v) is 2.94. The fraction of sp³-hybridized carbons (Fsp3) is 0.909. The Hall–Kier alpha value is -1.06. The number of hydrogen-bond acceptors (Lipinski definition) is 7. The van der Waals surface area contributed by atoms with Gasteiger partial charge in [-0.05, 0) is 6.42 Å². The monoisotopic (exact) mass is 435 g/mol. The van der Waals surface area contributed by atoms with E-state index in [4.69, 9.17) is 31.3 Å². The summed E-state index contributed by atoms with van der Waals surface area (Å²) in [5.74, 6) is -0.655. The highest BCUT2D eigenvalue weighted by atomic mass is 16.4. The van der Waals surface area contributed by atoms with Crippen LogP contribution in [0.4, 0.5) is 0 Å². The molecule has 0 radical (unpaired) electrons. The number of aliphatic hydroxyl groups excluding tert-OH is 4. The number of carboxylic acid groups (broad SMARTS) is 1. The number of carbonyl (C=O) groups excluding carboxylic acids is 1. The number of aliphatic hydroxyl groups is 4. The van der Waals surface area contributed by atoms with Crippen molar-refractivity contribution in [2.45, 2.75) is 121 Å². The number of rotatable bonds is 19. The minimum absolute atomic E-state index is 0.248. The van der Waals surface area contributed by atoms with Crippen LogP contribution in [0.2, 0.25) is 0 Å². The van der Waals surface area contributed by atoms with Gasteiger partial charge in [-0.3, -0.25) is 4.79 Å². The van der Waals surface area contributed by atoms with E-state index in [1.807, 2.05) is 0 Å². The molecule has 0 unspecified atom stereocenters. The Kier molecular flexibility index (Phi) is 23.5. The molecular formula is C22H45NO7. The third kappa shape index (κ3) is 20.2. The Morgan fingerprint density at radius 1 is 0.800 bits per heavy atom. The van der Waals surface area contributed by atoms with Crippen LogP contribution in [0.1, 0.15) is 96.8 Å². The zero-order chi connectivity index (χ0) is 23.2. The molecule has 0 aliphatic heterocycles. The zero-order valence-corrected chi connectivity index (χ0v) is 18.6. The highest BCUT2D eigenvalue weighted by Gasteiger charge is 2.28. The quantitative estimate of drug-likeness (QED) is 0.133. The normalized spacial score (nSPS) is 14.9. The molecule has 0 rings (SSSR count). The molecule has 0 saturated carbocycles. The Labute approximate surface area is 181 Å². The predicted octanol–water partition coefficient (Wildman–Crippen LogP) is 2.14. The summed E-state index contributed by atoms with van der Waals surface area (Å²) in [7, 11) is 0. The number of carboxylic acids is 1. The van der Waals surface area contributed by atoms with E-state index < -0.39 is 36.9 Å². The molecule has 7 N–H and O–H groups in total. The molecule has 0 amide bonds. The topological polar surface area (TPSA) is 161 Å². The molecule has 0 aliphatic rings. The molecule has 0 spiro atoms. The van der Waals surface area contributed by atoms with Crippen molar-refractivity contribution < 1.29 is 35.1 Å². The summed E-state index contributed by atoms with van der Waals surface area (Å²) in [4.78, 5) is 20.3. The minimum Gasteiger partial charge on any atom is -0.481 e. The molecule has 0 aromatic rings. The van der Waals surface area contributed by atoms with Crippen LogP contribution in [-0.2, 0) is 9.59 Å². The van der Waals surface area contributed by atoms with Gasteiger partial charge in [0.2, 0.25) is 0 Å². The Morgan fingerprint density at radius 3 is 1.53 bits per heavy atom. The van der Waals surface area contributed by atoms with Crippen molar-refractivity contribution >= 4 is 12.3 Å². The Bertz CT molecular complexity index is 396. The average Bonchev–Trinajstić information content (AvgIpc) is 2.74. The van der Waals surface area contributed by atoms with E-state index in [9.17, 15) is 9.59 Å². The van der Waals surface area contributed by atoms with Gasteiger partial charge in [-0.25, -0.2) is 0 Å². The molecule has 0 aromatic carbocycles. The van der Waals surface area contributed by atoms with Gasteiger partial charge in [-0.2, -0.15) is 0 Å². The maximum Gasteiger partial charge on any atom is 0.303 e. The van der Waals surface area contributed by atoms with Crippen LogP contribution in [0.3, 0.4) is 0 Å². The molecule has 8 heteroatoms. The highest BCUT2D eigenvalue weighted by molar-refractivity contribution is 5.66. The molecule has 0 aliphatic carbocycles. The van der Waals surface area contributed by atoms with Crippen molar-refractivity contribution in [3.05, 3.63) is 0 Å². The largest absolute Gasteiger partial charge is 0.481 e. The summed E-state index contributed by atoms with van der Waals surface area (Å²) in [6.07, 6.45) is 12.8. The third-order valence-corrected chi connectivity index (χ3v) is 4.98. The Balaban J connectivity index is 0. The summed E-state index contributed by atoms with van der Waals surface area (Å²) in [5, 5.41) is 43.7. The molecule has 0 heterocycles. The molecule has 0 saturated heterocycles. The molecule has 0 aromatic heterocycles. The first kappa shape index (κ1) is 31.1. The van der Waals surface area contributed by atoms with Gasteiger partial charge in [0.05, 0.1) is 12.6 Å². The van der Waals surface area contributed by atoms with Gasteiger partial charge in [-0.1, -0.05) is 84.0 Å². The van der Waals surface area contributed by atoms with Crippen molar-refractivity contribution in [3.63, 3.8) is 0 Å². The van der Waals surface area contributed by atoms with Crippen molar-refractivity contribution in [3.8, 4) is 0 Å². The Morgan fingerprint density at radius 2 is 1.20 bits per heavy atom. The minimum atomic E-state index is -1.62. The van der Waals surface area contributed by atoms with E-state index >= 15 is 0 Å². The number of aldehydes is 1. The van der Waals surface area contributed by atoms with Crippen molar-refractivity contribution in [2.75, 3.05) is 6.61 Å². The number of unbranched alkanes of at least 4 members (excludes halogenated alkanes) is 12. The second-order valence-corrected chi connectivity index (χ2v) is 7.83. The summed E-state index contributed by atoms with van der Waals surface area (Å²) in [5.41, 5.74) is 5.04. The van der Waals surface area contributed by atoms with Crippen molar-refractivity contribution in [2.24, 2.45) is 5.73 Å². The van der Waals surface area contributed by atoms with Gasteiger partial charge in [-0.15, -0.1) is 0 Å². The van der Waals surface area contributed by atoms with Crippen molar-refractivity contribution in [1.82, 2.24) is 0 Å².